The van der Waals surface area contributed by atoms with Gasteiger partial charge in [-0.25, -0.2) is 4.79 Å². The number of anilines is 1. The fourth-order valence-electron chi connectivity index (χ4n) is 2.71. The highest BCUT2D eigenvalue weighted by molar-refractivity contribution is 5.94. The Kier molecular flexibility index (Phi) is 5.29. The quantitative estimate of drug-likeness (QED) is 0.929. The molecule has 0 saturated carbocycles. The summed E-state index contributed by atoms with van der Waals surface area (Å²) in [7, 11) is 1.56. The van der Waals surface area contributed by atoms with Crippen LogP contribution in [0.25, 0.3) is 0 Å². The van der Waals surface area contributed by atoms with E-state index in [1.54, 1.807) is 27.8 Å². The number of rotatable bonds is 3. The second-order valence-corrected chi connectivity index (χ2v) is 7.03. The van der Waals surface area contributed by atoms with Crippen LogP contribution in [0.2, 0.25) is 0 Å². The van der Waals surface area contributed by atoms with Crippen molar-refractivity contribution in [2.75, 3.05) is 18.9 Å². The Hall–Kier alpha value is -2.04. The minimum absolute atomic E-state index is 0.0292. The van der Waals surface area contributed by atoms with Crippen LogP contribution in [0.4, 0.5) is 10.5 Å². The molecule has 0 spiro atoms. The molecule has 1 aromatic rings. The largest absolute Gasteiger partial charge is 0.444 e. The zero-order valence-electron chi connectivity index (χ0n) is 14.4. The number of benzene rings is 1. The van der Waals surface area contributed by atoms with Gasteiger partial charge in [-0.1, -0.05) is 12.1 Å². The van der Waals surface area contributed by atoms with Gasteiger partial charge in [0.15, 0.2) is 0 Å². The topological polar surface area (TPSA) is 58.6 Å². The van der Waals surface area contributed by atoms with Gasteiger partial charge in [-0.2, -0.15) is 0 Å². The Bertz CT molecular complexity index is 590. The second-order valence-electron chi connectivity index (χ2n) is 7.03. The first kappa shape index (κ1) is 17.3. The van der Waals surface area contributed by atoms with Gasteiger partial charge in [0.05, 0.1) is 0 Å². The molecular formula is C18H26N2O3. The van der Waals surface area contributed by atoms with Crippen LogP contribution in [-0.2, 0) is 22.4 Å². The van der Waals surface area contributed by atoms with Crippen LogP contribution >= 0.6 is 0 Å². The van der Waals surface area contributed by atoms with E-state index >= 15 is 0 Å². The zero-order chi connectivity index (χ0) is 17.0. The van der Waals surface area contributed by atoms with Crippen molar-refractivity contribution in [1.82, 2.24) is 4.90 Å². The predicted octanol–water partition coefficient (Wildman–Crippen LogP) is 3.37. The molecule has 1 N–H and O–H groups in total. The van der Waals surface area contributed by atoms with Gasteiger partial charge in [0.1, 0.15) is 12.1 Å². The average molecular weight is 318 g/mol. The van der Waals surface area contributed by atoms with Crippen molar-refractivity contribution in [2.45, 2.75) is 52.1 Å². The van der Waals surface area contributed by atoms with Crippen LogP contribution in [0.15, 0.2) is 18.2 Å². The van der Waals surface area contributed by atoms with E-state index in [9.17, 15) is 9.59 Å². The molecule has 0 bridgehead atoms. The normalized spacial score (nSPS) is 13.9. The molecule has 0 heterocycles. The van der Waals surface area contributed by atoms with Gasteiger partial charge in [-0.05, 0) is 63.6 Å². The third-order valence-corrected chi connectivity index (χ3v) is 3.76. The summed E-state index contributed by atoms with van der Waals surface area (Å²) >= 11 is 0. The van der Waals surface area contributed by atoms with E-state index in [1.165, 1.54) is 22.4 Å². The van der Waals surface area contributed by atoms with Crippen molar-refractivity contribution in [3.05, 3.63) is 29.3 Å². The van der Waals surface area contributed by atoms with Gasteiger partial charge in [0, 0.05) is 12.7 Å². The fraction of sp³-hybridized carbons (Fsp3) is 0.556. The number of hydrogen-bond donors (Lipinski definition) is 1. The predicted molar refractivity (Wildman–Crippen MR) is 90.6 cm³/mol. The SMILES string of the molecule is CN(CC(=O)Nc1cccc2c1CCCC2)C(=O)OC(C)(C)C. The number of hydrogen-bond acceptors (Lipinski definition) is 3. The number of fused-ring (bicyclic) bond motifs is 1. The van der Waals surface area contributed by atoms with Crippen LogP contribution in [0.3, 0.4) is 0 Å². The Balaban J connectivity index is 1.96. The third kappa shape index (κ3) is 4.98. The van der Waals surface area contributed by atoms with Crippen LogP contribution in [0.5, 0.6) is 0 Å². The van der Waals surface area contributed by atoms with Crippen molar-refractivity contribution >= 4 is 17.7 Å². The lowest BCUT2D eigenvalue weighted by Crippen LogP contribution is -2.38. The summed E-state index contributed by atoms with van der Waals surface area (Å²) in [6.07, 6.45) is 3.91. The molecule has 0 saturated heterocycles. The minimum Gasteiger partial charge on any atom is -0.444 e. The third-order valence-electron chi connectivity index (χ3n) is 3.76. The Labute approximate surface area is 138 Å². The van der Waals surface area contributed by atoms with E-state index in [1.807, 2.05) is 12.1 Å². The fourth-order valence-corrected chi connectivity index (χ4v) is 2.71. The van der Waals surface area contributed by atoms with E-state index < -0.39 is 11.7 Å². The van der Waals surface area contributed by atoms with E-state index in [2.05, 4.69) is 11.4 Å². The maximum absolute atomic E-state index is 12.2. The monoisotopic (exact) mass is 318 g/mol. The lowest BCUT2D eigenvalue weighted by atomic mass is 9.90. The number of ether oxygens (including phenoxy) is 1. The first-order valence-corrected chi connectivity index (χ1v) is 8.11. The minimum atomic E-state index is -0.569. The van der Waals surface area contributed by atoms with E-state index in [4.69, 9.17) is 4.74 Å². The maximum Gasteiger partial charge on any atom is 0.410 e. The summed E-state index contributed by atoms with van der Waals surface area (Å²) in [5.41, 5.74) is 2.84. The van der Waals surface area contributed by atoms with E-state index in [0.29, 0.717) is 0 Å². The Morgan fingerprint density at radius 3 is 2.61 bits per heavy atom. The number of carbonyl (C=O) groups excluding carboxylic acids is 2. The van der Waals surface area contributed by atoms with Crippen molar-refractivity contribution in [1.29, 1.82) is 0 Å². The smallest absolute Gasteiger partial charge is 0.410 e. The molecule has 0 fully saturated rings. The average Bonchev–Trinajstić information content (AvgIpc) is 2.45. The number of likely N-dealkylation sites (N-methyl/N-ethyl adjacent to an activating group) is 1. The van der Waals surface area contributed by atoms with Gasteiger partial charge in [0.25, 0.3) is 0 Å². The lowest BCUT2D eigenvalue weighted by molar-refractivity contribution is -0.117. The van der Waals surface area contributed by atoms with Crippen LogP contribution in [0.1, 0.15) is 44.7 Å². The molecule has 0 aromatic heterocycles. The van der Waals surface area contributed by atoms with Crippen molar-refractivity contribution < 1.29 is 14.3 Å². The lowest BCUT2D eigenvalue weighted by Gasteiger charge is -2.24. The second kappa shape index (κ2) is 7.02. The molecule has 0 unspecified atom stereocenters. The summed E-state index contributed by atoms with van der Waals surface area (Å²) in [5.74, 6) is -0.211. The van der Waals surface area contributed by atoms with Crippen molar-refractivity contribution in [3.8, 4) is 0 Å². The summed E-state index contributed by atoms with van der Waals surface area (Å²) in [6, 6.07) is 6.02. The molecule has 0 aliphatic heterocycles. The van der Waals surface area contributed by atoms with Crippen molar-refractivity contribution in [3.63, 3.8) is 0 Å². The van der Waals surface area contributed by atoms with Crippen LogP contribution in [-0.4, -0.2) is 36.1 Å². The number of aryl methyl sites for hydroxylation is 1. The Morgan fingerprint density at radius 1 is 1.22 bits per heavy atom. The van der Waals surface area contributed by atoms with E-state index in [0.717, 1.165) is 24.9 Å². The highest BCUT2D eigenvalue weighted by Gasteiger charge is 2.21. The standard InChI is InChI=1S/C18H26N2O3/c1-18(2,3)23-17(22)20(4)12-16(21)19-15-11-7-9-13-8-5-6-10-14(13)15/h7,9,11H,5-6,8,10,12H2,1-4H3,(H,19,21). The molecule has 2 rings (SSSR count). The molecule has 0 atom stereocenters. The molecule has 126 valence electrons. The summed E-state index contributed by atoms with van der Waals surface area (Å²) in [6.45, 7) is 5.37. The molecule has 23 heavy (non-hydrogen) atoms. The van der Waals surface area contributed by atoms with Gasteiger partial charge < -0.3 is 15.0 Å². The number of nitrogens with zero attached hydrogens (tertiary/aromatic N) is 1. The van der Waals surface area contributed by atoms with Crippen LogP contribution < -0.4 is 5.32 Å². The molecule has 1 aromatic carbocycles. The molecule has 2 amide bonds. The van der Waals surface area contributed by atoms with Gasteiger partial charge in [-0.15, -0.1) is 0 Å². The first-order valence-electron chi connectivity index (χ1n) is 8.11. The highest BCUT2D eigenvalue weighted by atomic mass is 16.6. The van der Waals surface area contributed by atoms with Gasteiger partial charge >= 0.3 is 6.09 Å². The summed E-state index contributed by atoms with van der Waals surface area (Å²) in [5, 5.41) is 2.93. The Morgan fingerprint density at radius 2 is 1.91 bits per heavy atom. The first-order chi connectivity index (χ1) is 10.8. The van der Waals surface area contributed by atoms with Crippen molar-refractivity contribution in [2.24, 2.45) is 0 Å². The number of carbonyl (C=O) groups is 2. The van der Waals surface area contributed by atoms with Crippen LogP contribution in [0, 0.1) is 0 Å². The molecule has 5 nitrogen and oxygen atoms in total. The van der Waals surface area contributed by atoms with Gasteiger partial charge in [-0.3, -0.25) is 4.79 Å². The zero-order valence-corrected chi connectivity index (χ0v) is 14.4. The molecule has 1 aliphatic carbocycles. The molecular weight excluding hydrogens is 292 g/mol. The highest BCUT2D eigenvalue weighted by Crippen LogP contribution is 2.27. The maximum atomic E-state index is 12.2. The number of nitrogens with one attached hydrogen (secondary N) is 1. The van der Waals surface area contributed by atoms with Gasteiger partial charge in [0.2, 0.25) is 5.91 Å². The summed E-state index contributed by atoms with van der Waals surface area (Å²) in [4.78, 5) is 25.4. The molecule has 0 radical (unpaired) electrons. The molecule has 1 aliphatic rings. The van der Waals surface area contributed by atoms with E-state index in [-0.39, 0.29) is 12.5 Å². The molecule has 5 heteroatoms. The number of amides is 2. The summed E-state index contributed by atoms with van der Waals surface area (Å²) < 4.78 is 5.25.